The van der Waals surface area contributed by atoms with E-state index in [9.17, 15) is 4.39 Å². The van der Waals surface area contributed by atoms with Gasteiger partial charge in [0, 0.05) is 6.54 Å². The average molecular weight is 128 g/mol. The number of nitrogens with two attached hydrogens (primary N) is 1. The van der Waals surface area contributed by atoms with E-state index in [1.54, 1.807) is 6.92 Å². The van der Waals surface area contributed by atoms with Crippen molar-refractivity contribution in [1.82, 2.24) is 0 Å². The molecule has 0 aromatic rings. The second kappa shape index (κ2) is 6.18. The summed E-state index contributed by atoms with van der Waals surface area (Å²) in [5, 5.41) is 0. The molecule has 0 aromatic carbocycles. The summed E-state index contributed by atoms with van der Waals surface area (Å²) in [4.78, 5) is 0. The van der Waals surface area contributed by atoms with Crippen LogP contribution in [-0.2, 0) is 0 Å². The number of alkyl halides is 1. The molecular weight excluding hydrogens is 117 g/mol. The highest BCUT2D eigenvalue weighted by atomic mass is 35.5. The van der Waals surface area contributed by atoms with Crippen LogP contribution in [0.2, 0.25) is 0 Å². The molecule has 2 N–H and O–H groups in total. The number of halogens is 2. The van der Waals surface area contributed by atoms with Crippen LogP contribution in [0.3, 0.4) is 0 Å². The molecule has 0 aliphatic heterocycles. The maximum atomic E-state index is 11.7. The van der Waals surface area contributed by atoms with Crippen LogP contribution in [0.4, 0.5) is 4.39 Å². The summed E-state index contributed by atoms with van der Waals surface area (Å²) in [6.45, 7) is 1.94. The number of rotatable bonds is 2. The molecule has 0 saturated heterocycles. The van der Waals surface area contributed by atoms with Crippen LogP contribution in [-0.4, -0.2) is 12.7 Å². The van der Waals surface area contributed by atoms with Crippen LogP contribution < -0.4 is 5.73 Å². The molecule has 0 fully saturated rings. The van der Waals surface area contributed by atoms with Crippen LogP contribution >= 0.6 is 12.4 Å². The minimum Gasteiger partial charge on any atom is -0.328 e. The van der Waals surface area contributed by atoms with Crippen LogP contribution in [0.1, 0.15) is 13.3 Å². The van der Waals surface area contributed by atoms with Gasteiger partial charge in [-0.25, -0.2) is 4.39 Å². The standard InChI is InChI=1S/C4H10FN.ClH/c1-2-4(5)3-6;/h4H,2-3,6H2,1H3;1H/t4-;/m0./s1. The first-order chi connectivity index (χ1) is 2.81. The van der Waals surface area contributed by atoms with E-state index in [2.05, 4.69) is 0 Å². The van der Waals surface area contributed by atoms with Gasteiger partial charge in [0.1, 0.15) is 6.17 Å². The average Bonchev–Trinajstić information content (AvgIpc) is 1.65. The Morgan fingerprint density at radius 3 is 2.14 bits per heavy atom. The van der Waals surface area contributed by atoms with Crippen LogP contribution in [0.25, 0.3) is 0 Å². The Labute approximate surface area is 49.5 Å². The largest absolute Gasteiger partial charge is 0.328 e. The van der Waals surface area contributed by atoms with Gasteiger partial charge in [0.25, 0.3) is 0 Å². The zero-order chi connectivity index (χ0) is 4.99. The maximum absolute atomic E-state index is 11.7. The summed E-state index contributed by atoms with van der Waals surface area (Å²) < 4.78 is 11.7. The highest BCUT2D eigenvalue weighted by Crippen LogP contribution is 1.90. The monoisotopic (exact) mass is 127 g/mol. The van der Waals surface area contributed by atoms with E-state index in [1.165, 1.54) is 0 Å². The Morgan fingerprint density at radius 2 is 2.14 bits per heavy atom. The smallest absolute Gasteiger partial charge is 0.112 e. The van der Waals surface area contributed by atoms with Crippen molar-refractivity contribution in [3.05, 3.63) is 0 Å². The van der Waals surface area contributed by atoms with Crippen molar-refractivity contribution in [3.8, 4) is 0 Å². The third-order valence-corrected chi connectivity index (χ3v) is 0.699. The Kier molecular flexibility index (Phi) is 9.02. The highest BCUT2D eigenvalue weighted by Gasteiger charge is 1.94. The summed E-state index contributed by atoms with van der Waals surface area (Å²) in [6, 6.07) is 0. The molecule has 0 aromatic heterocycles. The predicted molar refractivity (Wildman–Crippen MR) is 31.5 cm³/mol. The number of hydrogen-bond acceptors (Lipinski definition) is 1. The summed E-state index contributed by atoms with van der Waals surface area (Å²) in [6.07, 6.45) is -0.249. The summed E-state index contributed by atoms with van der Waals surface area (Å²) in [7, 11) is 0. The van der Waals surface area contributed by atoms with Crippen molar-refractivity contribution in [3.63, 3.8) is 0 Å². The lowest BCUT2D eigenvalue weighted by Gasteiger charge is -1.94. The van der Waals surface area contributed by atoms with E-state index in [0.717, 1.165) is 0 Å². The Bertz CT molecular complexity index is 30.9. The fraction of sp³-hybridized carbons (Fsp3) is 1.00. The minimum atomic E-state index is -0.787. The first kappa shape index (κ1) is 10.2. The maximum Gasteiger partial charge on any atom is 0.112 e. The van der Waals surface area contributed by atoms with Gasteiger partial charge < -0.3 is 5.73 Å². The quantitative estimate of drug-likeness (QED) is 0.591. The van der Waals surface area contributed by atoms with Gasteiger partial charge in [-0.1, -0.05) is 6.92 Å². The molecule has 0 rings (SSSR count). The lowest BCUT2D eigenvalue weighted by molar-refractivity contribution is 0.333. The summed E-state index contributed by atoms with van der Waals surface area (Å²) in [5.41, 5.74) is 4.91. The lowest BCUT2D eigenvalue weighted by atomic mass is 10.3. The Morgan fingerprint density at radius 1 is 1.71 bits per heavy atom. The first-order valence-electron chi connectivity index (χ1n) is 2.15. The third kappa shape index (κ3) is 6.18. The van der Waals surface area contributed by atoms with Crippen LogP contribution in [0.15, 0.2) is 0 Å². The zero-order valence-electron chi connectivity index (χ0n) is 4.36. The minimum absolute atomic E-state index is 0. The SMILES string of the molecule is CC[C@H](F)CN.Cl. The second-order valence-electron chi connectivity index (χ2n) is 1.24. The van der Waals surface area contributed by atoms with Crippen molar-refractivity contribution in [2.75, 3.05) is 6.54 Å². The molecule has 1 nitrogen and oxygen atoms in total. The first-order valence-corrected chi connectivity index (χ1v) is 2.15. The van der Waals surface area contributed by atoms with Gasteiger partial charge in [0.15, 0.2) is 0 Å². The topological polar surface area (TPSA) is 26.0 Å². The molecule has 0 aliphatic carbocycles. The molecule has 3 heteroatoms. The Balaban J connectivity index is 0. The highest BCUT2D eigenvalue weighted by molar-refractivity contribution is 5.85. The van der Waals surface area contributed by atoms with Crippen molar-refractivity contribution < 1.29 is 4.39 Å². The molecule has 0 bridgehead atoms. The molecule has 0 spiro atoms. The second-order valence-corrected chi connectivity index (χ2v) is 1.24. The van der Waals surface area contributed by atoms with Gasteiger partial charge >= 0.3 is 0 Å². The van der Waals surface area contributed by atoms with Crippen molar-refractivity contribution in [2.24, 2.45) is 5.73 Å². The van der Waals surface area contributed by atoms with Gasteiger partial charge in [0.05, 0.1) is 0 Å². The van der Waals surface area contributed by atoms with E-state index in [0.29, 0.717) is 6.42 Å². The summed E-state index contributed by atoms with van der Waals surface area (Å²) >= 11 is 0. The molecule has 0 saturated carbocycles. The van der Waals surface area contributed by atoms with Crippen molar-refractivity contribution in [2.45, 2.75) is 19.5 Å². The fourth-order valence-electron chi connectivity index (χ4n) is 0.167. The molecule has 46 valence electrons. The zero-order valence-corrected chi connectivity index (χ0v) is 5.17. The third-order valence-electron chi connectivity index (χ3n) is 0.699. The normalized spacial score (nSPS) is 12.4. The molecule has 0 radical (unpaired) electrons. The fourth-order valence-corrected chi connectivity index (χ4v) is 0.167. The molecule has 7 heavy (non-hydrogen) atoms. The van der Waals surface area contributed by atoms with Gasteiger partial charge in [-0.15, -0.1) is 12.4 Å². The van der Waals surface area contributed by atoms with E-state index in [4.69, 9.17) is 5.73 Å². The molecule has 1 atom stereocenters. The van der Waals surface area contributed by atoms with Crippen LogP contribution in [0, 0.1) is 0 Å². The van der Waals surface area contributed by atoms with E-state index < -0.39 is 6.17 Å². The van der Waals surface area contributed by atoms with Crippen molar-refractivity contribution in [1.29, 1.82) is 0 Å². The van der Waals surface area contributed by atoms with E-state index >= 15 is 0 Å². The summed E-state index contributed by atoms with van der Waals surface area (Å²) in [5.74, 6) is 0. The number of hydrogen-bond donors (Lipinski definition) is 1. The molecule has 0 heterocycles. The van der Waals surface area contributed by atoms with Gasteiger partial charge in [0.2, 0.25) is 0 Å². The molecule has 0 unspecified atom stereocenters. The van der Waals surface area contributed by atoms with Crippen LogP contribution in [0.5, 0.6) is 0 Å². The molecular formula is C4H11ClFN. The van der Waals surface area contributed by atoms with E-state index in [1.807, 2.05) is 0 Å². The molecule has 0 aliphatic rings. The predicted octanol–water partition coefficient (Wildman–Crippen LogP) is 1.11. The Hall–Kier alpha value is 0.180. The van der Waals surface area contributed by atoms with Crippen molar-refractivity contribution >= 4 is 12.4 Å². The van der Waals surface area contributed by atoms with Gasteiger partial charge in [-0.3, -0.25) is 0 Å². The van der Waals surface area contributed by atoms with Gasteiger partial charge in [-0.05, 0) is 6.42 Å². The van der Waals surface area contributed by atoms with Gasteiger partial charge in [-0.2, -0.15) is 0 Å². The van der Waals surface area contributed by atoms with E-state index in [-0.39, 0.29) is 19.0 Å². The molecule has 0 amide bonds. The lowest BCUT2D eigenvalue weighted by Crippen LogP contribution is -2.13.